The molecule has 1 atom stereocenters. The third-order valence-corrected chi connectivity index (χ3v) is 12.9. The van der Waals surface area contributed by atoms with E-state index in [0.29, 0.717) is 5.92 Å². The molecule has 0 aromatic heterocycles. The normalized spacial score (nSPS) is 18.1. The fourth-order valence-electron chi connectivity index (χ4n) is 9.99. The van der Waals surface area contributed by atoms with E-state index in [1.807, 2.05) is 0 Å². The predicted molar refractivity (Wildman–Crippen MR) is 236 cm³/mol. The quantitative estimate of drug-likeness (QED) is 0.162. The van der Waals surface area contributed by atoms with Crippen molar-refractivity contribution in [3.05, 3.63) is 215 Å². The molecule has 4 aliphatic rings. The molecule has 4 aliphatic carbocycles. The van der Waals surface area contributed by atoms with Gasteiger partial charge < -0.3 is 9.80 Å². The van der Waals surface area contributed by atoms with Gasteiger partial charge in [0.1, 0.15) is 0 Å². The number of rotatable bonds is 7. The summed E-state index contributed by atoms with van der Waals surface area (Å²) in [7, 11) is 0. The number of fused-ring (bicyclic) bond motifs is 6. The molecule has 0 aliphatic heterocycles. The van der Waals surface area contributed by atoms with E-state index in [1.54, 1.807) is 0 Å². The van der Waals surface area contributed by atoms with Crippen LogP contribution in [-0.4, -0.2) is 0 Å². The number of allylic oxidation sites excluding steroid dienone is 7. The van der Waals surface area contributed by atoms with E-state index in [-0.39, 0.29) is 10.8 Å². The minimum absolute atomic E-state index is 0.0163. The van der Waals surface area contributed by atoms with Crippen LogP contribution >= 0.6 is 0 Å². The maximum Gasteiger partial charge on any atom is 0.0465 e. The number of hydrogen-bond donors (Lipinski definition) is 0. The van der Waals surface area contributed by atoms with Crippen LogP contribution in [0, 0.1) is 0 Å². The highest BCUT2D eigenvalue weighted by Crippen LogP contribution is 2.54. The second-order valence-corrected chi connectivity index (χ2v) is 16.9. The molecule has 0 radical (unpaired) electrons. The Kier molecular flexibility index (Phi) is 8.15. The summed E-state index contributed by atoms with van der Waals surface area (Å²) in [5.74, 6) is 0.460. The van der Waals surface area contributed by atoms with Crippen LogP contribution in [0.4, 0.5) is 22.7 Å². The third-order valence-electron chi connectivity index (χ3n) is 12.9. The molecule has 56 heavy (non-hydrogen) atoms. The number of anilines is 4. The Bertz CT molecular complexity index is 2600. The molecule has 274 valence electrons. The molecule has 6 aromatic rings. The molecule has 0 bridgehead atoms. The Balaban J connectivity index is 0.966. The maximum atomic E-state index is 2.51. The molecule has 0 N–H and O–H groups in total. The molecule has 1 unspecified atom stereocenters. The van der Waals surface area contributed by atoms with Crippen LogP contribution in [0.25, 0.3) is 22.3 Å². The van der Waals surface area contributed by atoms with Crippen LogP contribution in [0.1, 0.15) is 75.1 Å². The lowest BCUT2D eigenvalue weighted by Gasteiger charge is -2.34. The lowest BCUT2D eigenvalue weighted by molar-refractivity contribution is 0.609. The minimum Gasteiger partial charge on any atom is -0.315 e. The van der Waals surface area contributed by atoms with Gasteiger partial charge in [0.15, 0.2) is 0 Å². The number of hydrogen-bond acceptors (Lipinski definition) is 2. The zero-order valence-corrected chi connectivity index (χ0v) is 32.8. The van der Waals surface area contributed by atoms with Gasteiger partial charge in [-0.1, -0.05) is 149 Å². The second kappa shape index (κ2) is 13.3. The fourth-order valence-corrected chi connectivity index (χ4v) is 9.99. The van der Waals surface area contributed by atoms with Crippen molar-refractivity contribution in [3.63, 3.8) is 0 Å². The summed E-state index contributed by atoms with van der Waals surface area (Å²) in [4.78, 5) is 4.89. The van der Waals surface area contributed by atoms with Crippen molar-refractivity contribution in [3.8, 4) is 22.3 Å². The van der Waals surface area contributed by atoms with Crippen LogP contribution in [0.3, 0.4) is 0 Å². The molecule has 10 rings (SSSR count). The third kappa shape index (κ3) is 5.54. The monoisotopic (exact) mass is 724 g/mol. The Morgan fingerprint density at radius 3 is 1.86 bits per heavy atom. The van der Waals surface area contributed by atoms with E-state index in [1.165, 1.54) is 72.8 Å². The lowest BCUT2D eigenvalue weighted by atomic mass is 9.78. The minimum atomic E-state index is -0.0636. The standard InChI is InChI=1S/C54H48N2/c1-53(2)49-21-13-11-19-45(49)47-33-31-43(35-51(47)53)55(39-15-7-5-8-16-39)41-27-23-37(24-28-41)38-25-29-42(30-26-38)56(40-17-9-6-10-18-40)44-32-34-48-46-20-12-14-22-50(46)54(3,4)52(48)36-44/h5-9,11-17,19-33,35-36,48H,10,18,34H2,1-4H3. The lowest BCUT2D eigenvalue weighted by Crippen LogP contribution is -2.25. The van der Waals surface area contributed by atoms with Gasteiger partial charge in [-0.2, -0.15) is 0 Å². The summed E-state index contributed by atoms with van der Waals surface area (Å²) in [6.45, 7) is 9.51. The Morgan fingerprint density at radius 2 is 1.14 bits per heavy atom. The van der Waals surface area contributed by atoms with Gasteiger partial charge in [0, 0.05) is 50.9 Å². The van der Waals surface area contributed by atoms with E-state index < -0.39 is 0 Å². The summed E-state index contributed by atoms with van der Waals surface area (Å²) in [6, 6.07) is 54.0. The van der Waals surface area contributed by atoms with Crippen LogP contribution < -0.4 is 9.80 Å². The second-order valence-electron chi connectivity index (χ2n) is 16.9. The van der Waals surface area contributed by atoms with E-state index in [2.05, 4.69) is 213 Å². The molecule has 0 fully saturated rings. The first-order valence-corrected chi connectivity index (χ1v) is 20.3. The van der Waals surface area contributed by atoms with Gasteiger partial charge in [-0.25, -0.2) is 0 Å². The maximum absolute atomic E-state index is 2.51. The van der Waals surface area contributed by atoms with Gasteiger partial charge in [-0.3, -0.25) is 0 Å². The van der Waals surface area contributed by atoms with E-state index in [9.17, 15) is 0 Å². The summed E-state index contributed by atoms with van der Waals surface area (Å²) >= 11 is 0. The largest absolute Gasteiger partial charge is 0.315 e. The van der Waals surface area contributed by atoms with Crippen molar-refractivity contribution in [2.75, 3.05) is 9.80 Å². The number of benzene rings is 6. The molecule has 6 aromatic carbocycles. The molecule has 0 spiro atoms. The van der Waals surface area contributed by atoms with Crippen molar-refractivity contribution in [2.45, 2.75) is 63.7 Å². The highest BCUT2D eigenvalue weighted by molar-refractivity contribution is 5.86. The van der Waals surface area contributed by atoms with Gasteiger partial charge in [0.25, 0.3) is 0 Å². The van der Waals surface area contributed by atoms with E-state index >= 15 is 0 Å². The molecule has 0 saturated carbocycles. The van der Waals surface area contributed by atoms with Crippen molar-refractivity contribution in [1.29, 1.82) is 0 Å². The molecule has 0 amide bonds. The molecular weight excluding hydrogens is 677 g/mol. The Morgan fingerprint density at radius 1 is 0.536 bits per heavy atom. The smallest absolute Gasteiger partial charge is 0.0465 e. The number of para-hydroxylation sites is 1. The first kappa shape index (κ1) is 34.4. The van der Waals surface area contributed by atoms with Crippen molar-refractivity contribution in [2.24, 2.45) is 0 Å². The van der Waals surface area contributed by atoms with Gasteiger partial charge in [-0.05, 0) is 124 Å². The van der Waals surface area contributed by atoms with Gasteiger partial charge in [0.2, 0.25) is 0 Å². The Hall–Kier alpha value is -6.12. The molecule has 2 nitrogen and oxygen atoms in total. The molecule has 0 heterocycles. The van der Waals surface area contributed by atoms with E-state index in [0.717, 1.165) is 30.6 Å². The zero-order chi connectivity index (χ0) is 38.0. The SMILES string of the molecule is CC1(C)C2=CC(N(C3=CC=CCC3)c3ccc(-c4ccc(N(c5ccccc5)c5ccc6c(c5)C(C)(C)c5ccccc5-6)cc4)cc3)=CCC2c2ccccc21. The van der Waals surface area contributed by atoms with E-state index in [4.69, 9.17) is 0 Å². The van der Waals surface area contributed by atoms with Crippen LogP contribution in [0.2, 0.25) is 0 Å². The number of nitrogens with zero attached hydrogens (tertiary/aromatic N) is 2. The summed E-state index contributed by atoms with van der Waals surface area (Å²) in [5, 5.41) is 0. The average molecular weight is 725 g/mol. The van der Waals surface area contributed by atoms with Gasteiger partial charge in [0.05, 0.1) is 0 Å². The van der Waals surface area contributed by atoms with Gasteiger partial charge in [-0.15, -0.1) is 0 Å². The Labute approximate surface area is 332 Å². The van der Waals surface area contributed by atoms with Crippen LogP contribution in [-0.2, 0) is 10.8 Å². The van der Waals surface area contributed by atoms with Crippen molar-refractivity contribution >= 4 is 22.7 Å². The van der Waals surface area contributed by atoms with Crippen molar-refractivity contribution in [1.82, 2.24) is 0 Å². The first-order valence-electron chi connectivity index (χ1n) is 20.3. The average Bonchev–Trinajstić information content (AvgIpc) is 3.61. The summed E-state index contributed by atoms with van der Waals surface area (Å²) < 4.78 is 0. The van der Waals surface area contributed by atoms with Crippen LogP contribution in [0.5, 0.6) is 0 Å². The van der Waals surface area contributed by atoms with Gasteiger partial charge >= 0.3 is 0 Å². The fraction of sp³-hybridized carbons (Fsp3) is 0.185. The summed E-state index contributed by atoms with van der Waals surface area (Å²) in [5.41, 5.74) is 19.6. The van der Waals surface area contributed by atoms with Crippen LogP contribution in [0.15, 0.2) is 193 Å². The highest BCUT2D eigenvalue weighted by atomic mass is 15.2. The zero-order valence-electron chi connectivity index (χ0n) is 32.8. The molecule has 2 heteroatoms. The molecule has 0 saturated heterocycles. The predicted octanol–water partition coefficient (Wildman–Crippen LogP) is 14.5. The highest BCUT2D eigenvalue weighted by Gasteiger charge is 2.42. The first-order chi connectivity index (χ1) is 27.3. The topological polar surface area (TPSA) is 6.48 Å². The molecular formula is C54H48N2. The van der Waals surface area contributed by atoms with Crippen molar-refractivity contribution < 1.29 is 0 Å². The summed E-state index contributed by atoms with van der Waals surface area (Å²) in [6.07, 6.45) is 14.9.